The Bertz CT molecular complexity index is 711. The number of aliphatic carboxylic acids is 1. The van der Waals surface area contributed by atoms with E-state index in [1.807, 2.05) is 0 Å². The molecule has 1 aromatic carbocycles. The Hall–Kier alpha value is -2.48. The van der Waals surface area contributed by atoms with Gasteiger partial charge in [-0.1, -0.05) is 13.0 Å². The van der Waals surface area contributed by atoms with Gasteiger partial charge in [-0.15, -0.1) is 0 Å². The van der Waals surface area contributed by atoms with Crippen LogP contribution in [0, 0.1) is 16.0 Å². The summed E-state index contributed by atoms with van der Waals surface area (Å²) in [6.45, 7) is 2.05. The van der Waals surface area contributed by atoms with Crippen LogP contribution < -0.4 is 0 Å². The Kier molecular flexibility index (Phi) is 4.47. The third-order valence-corrected chi connectivity index (χ3v) is 5.12. The molecular formula is C17H20N2O6. The predicted octanol–water partition coefficient (Wildman–Crippen LogP) is 2.43. The van der Waals surface area contributed by atoms with Crippen LogP contribution in [0.2, 0.25) is 0 Å². The molecule has 2 fully saturated rings. The lowest BCUT2D eigenvalue weighted by molar-refractivity contribution is -0.384. The molecule has 3 rings (SSSR count). The van der Waals surface area contributed by atoms with E-state index >= 15 is 0 Å². The van der Waals surface area contributed by atoms with Crippen LogP contribution in [-0.4, -0.2) is 45.2 Å². The van der Waals surface area contributed by atoms with Crippen LogP contribution >= 0.6 is 0 Å². The number of carbonyl (C=O) groups excluding carboxylic acids is 1. The number of carboxylic acid groups (broad SMARTS) is 1. The van der Waals surface area contributed by atoms with Crippen LogP contribution in [0.25, 0.3) is 0 Å². The average Bonchev–Trinajstić information content (AvgIpc) is 2.96. The molecule has 1 aliphatic heterocycles. The first-order valence-corrected chi connectivity index (χ1v) is 8.29. The fourth-order valence-corrected chi connectivity index (χ4v) is 3.66. The van der Waals surface area contributed by atoms with Crippen molar-refractivity contribution in [1.82, 2.24) is 4.90 Å². The molecule has 134 valence electrons. The second-order valence-electron chi connectivity index (χ2n) is 6.78. The van der Waals surface area contributed by atoms with Gasteiger partial charge in [0.1, 0.15) is 5.72 Å². The van der Waals surface area contributed by atoms with E-state index in [1.54, 1.807) is 0 Å². The first kappa shape index (κ1) is 17.3. The topological polar surface area (TPSA) is 110 Å². The van der Waals surface area contributed by atoms with E-state index in [1.165, 1.54) is 29.2 Å². The molecule has 0 bridgehead atoms. The van der Waals surface area contributed by atoms with E-state index in [9.17, 15) is 24.8 Å². The zero-order valence-electron chi connectivity index (χ0n) is 13.9. The van der Waals surface area contributed by atoms with Crippen molar-refractivity contribution in [3.05, 3.63) is 39.9 Å². The maximum absolute atomic E-state index is 13.1. The highest BCUT2D eigenvalue weighted by Gasteiger charge is 2.53. The molecule has 0 radical (unpaired) electrons. The molecule has 1 spiro atoms. The molecule has 1 heterocycles. The Labute approximate surface area is 144 Å². The quantitative estimate of drug-likeness (QED) is 0.663. The molecule has 1 saturated carbocycles. The third kappa shape index (κ3) is 3.09. The van der Waals surface area contributed by atoms with Crippen molar-refractivity contribution in [2.24, 2.45) is 5.92 Å². The summed E-state index contributed by atoms with van der Waals surface area (Å²) in [4.78, 5) is 36.4. The van der Waals surface area contributed by atoms with Crippen molar-refractivity contribution in [2.75, 3.05) is 6.61 Å². The van der Waals surface area contributed by atoms with Crippen molar-refractivity contribution < 1.29 is 24.4 Å². The molecule has 1 amide bonds. The number of nitro groups is 1. The van der Waals surface area contributed by atoms with Crippen LogP contribution in [-0.2, 0) is 9.53 Å². The van der Waals surface area contributed by atoms with Crippen molar-refractivity contribution in [3.8, 4) is 0 Å². The Morgan fingerprint density at radius 1 is 1.36 bits per heavy atom. The summed E-state index contributed by atoms with van der Waals surface area (Å²) in [7, 11) is 0. The summed E-state index contributed by atoms with van der Waals surface area (Å²) in [5.41, 5.74) is -1.04. The van der Waals surface area contributed by atoms with Gasteiger partial charge < -0.3 is 9.84 Å². The van der Waals surface area contributed by atoms with E-state index in [0.29, 0.717) is 18.8 Å². The number of benzene rings is 1. The van der Waals surface area contributed by atoms with E-state index in [0.717, 1.165) is 12.8 Å². The molecule has 8 nitrogen and oxygen atoms in total. The van der Waals surface area contributed by atoms with Crippen molar-refractivity contribution in [3.63, 3.8) is 0 Å². The lowest BCUT2D eigenvalue weighted by atomic mass is 9.83. The molecule has 25 heavy (non-hydrogen) atoms. The van der Waals surface area contributed by atoms with Crippen LogP contribution in [0.15, 0.2) is 24.3 Å². The van der Waals surface area contributed by atoms with Gasteiger partial charge in [-0.3, -0.25) is 19.8 Å². The van der Waals surface area contributed by atoms with Gasteiger partial charge in [0.25, 0.3) is 11.6 Å². The standard InChI is InChI=1S/C17H20N2O6/c1-11-5-7-17(8-6-11)18(14(10-25-17)16(21)22)15(20)12-3-2-4-13(9-12)19(23)24/h2-4,9,11,14H,5-8,10H2,1H3,(H,21,22). The monoisotopic (exact) mass is 348 g/mol. The molecule has 1 unspecified atom stereocenters. The van der Waals surface area contributed by atoms with Gasteiger partial charge in [-0.2, -0.15) is 0 Å². The van der Waals surface area contributed by atoms with Gasteiger partial charge in [0.15, 0.2) is 6.04 Å². The van der Waals surface area contributed by atoms with Crippen LogP contribution in [0.5, 0.6) is 0 Å². The van der Waals surface area contributed by atoms with Gasteiger partial charge in [0.05, 0.1) is 11.5 Å². The fraction of sp³-hybridized carbons (Fsp3) is 0.529. The number of ether oxygens (including phenoxy) is 1. The molecule has 1 atom stereocenters. The Morgan fingerprint density at radius 2 is 2.04 bits per heavy atom. The lowest BCUT2D eigenvalue weighted by Gasteiger charge is -2.42. The number of hydrogen-bond acceptors (Lipinski definition) is 5. The first-order valence-electron chi connectivity index (χ1n) is 8.29. The van der Waals surface area contributed by atoms with Crippen molar-refractivity contribution >= 4 is 17.6 Å². The summed E-state index contributed by atoms with van der Waals surface area (Å²) in [5.74, 6) is -1.18. The first-order chi connectivity index (χ1) is 11.8. The van der Waals surface area contributed by atoms with Crippen molar-refractivity contribution in [2.45, 2.75) is 44.4 Å². The second-order valence-corrected chi connectivity index (χ2v) is 6.78. The number of amides is 1. The molecule has 1 N–H and O–H groups in total. The zero-order chi connectivity index (χ0) is 18.2. The molecule has 8 heteroatoms. The molecule has 1 aliphatic carbocycles. The van der Waals surface area contributed by atoms with Crippen LogP contribution in [0.1, 0.15) is 43.0 Å². The second kappa shape index (κ2) is 6.44. The highest BCUT2D eigenvalue weighted by atomic mass is 16.6. The van der Waals surface area contributed by atoms with E-state index in [2.05, 4.69) is 6.92 Å². The molecule has 1 saturated heterocycles. The van der Waals surface area contributed by atoms with E-state index in [-0.39, 0.29) is 17.9 Å². The van der Waals surface area contributed by atoms with Gasteiger partial charge in [0, 0.05) is 17.7 Å². The SMILES string of the molecule is CC1CCC2(CC1)OCC(C(=O)O)N2C(=O)c1cccc([N+](=O)[O-])c1. The van der Waals surface area contributed by atoms with Gasteiger partial charge in [0.2, 0.25) is 0 Å². The number of rotatable bonds is 3. The Morgan fingerprint density at radius 3 is 2.64 bits per heavy atom. The molecule has 1 aromatic rings. The minimum Gasteiger partial charge on any atom is -0.480 e. The normalized spacial score (nSPS) is 28.9. The molecule has 0 aromatic heterocycles. The zero-order valence-corrected chi connectivity index (χ0v) is 13.9. The van der Waals surface area contributed by atoms with Crippen LogP contribution in [0.4, 0.5) is 5.69 Å². The number of hydrogen-bond donors (Lipinski definition) is 1. The highest BCUT2D eigenvalue weighted by Crippen LogP contribution is 2.43. The third-order valence-electron chi connectivity index (χ3n) is 5.12. The summed E-state index contributed by atoms with van der Waals surface area (Å²) < 4.78 is 5.83. The summed E-state index contributed by atoms with van der Waals surface area (Å²) in [6.07, 6.45) is 2.81. The summed E-state index contributed by atoms with van der Waals surface area (Å²) in [6, 6.07) is 4.28. The number of nitrogens with zero attached hydrogens (tertiary/aromatic N) is 2. The smallest absolute Gasteiger partial charge is 0.328 e. The van der Waals surface area contributed by atoms with Crippen molar-refractivity contribution in [1.29, 1.82) is 0 Å². The van der Waals surface area contributed by atoms with Gasteiger partial charge in [-0.25, -0.2) is 4.79 Å². The molecular weight excluding hydrogens is 328 g/mol. The summed E-state index contributed by atoms with van der Waals surface area (Å²) >= 11 is 0. The highest BCUT2D eigenvalue weighted by molar-refractivity contribution is 5.98. The minimum absolute atomic E-state index is 0.0651. The minimum atomic E-state index is -1.13. The summed E-state index contributed by atoms with van der Waals surface area (Å²) in [5, 5.41) is 20.5. The maximum atomic E-state index is 13.1. The lowest BCUT2D eigenvalue weighted by Crippen LogP contribution is -2.55. The number of carbonyl (C=O) groups is 2. The largest absolute Gasteiger partial charge is 0.480 e. The van der Waals surface area contributed by atoms with Crippen LogP contribution in [0.3, 0.4) is 0 Å². The fourth-order valence-electron chi connectivity index (χ4n) is 3.66. The van der Waals surface area contributed by atoms with Gasteiger partial charge >= 0.3 is 5.97 Å². The van der Waals surface area contributed by atoms with Gasteiger partial charge in [-0.05, 0) is 37.7 Å². The maximum Gasteiger partial charge on any atom is 0.328 e. The predicted molar refractivity (Wildman–Crippen MR) is 87.0 cm³/mol. The number of carboxylic acids is 1. The molecule has 2 aliphatic rings. The van der Waals surface area contributed by atoms with E-state index < -0.39 is 28.6 Å². The Balaban J connectivity index is 1.97. The average molecular weight is 348 g/mol. The number of nitro benzene ring substituents is 1. The van der Waals surface area contributed by atoms with E-state index in [4.69, 9.17) is 4.74 Å². The number of non-ortho nitro benzene ring substituents is 1.